The summed E-state index contributed by atoms with van der Waals surface area (Å²) in [5.74, 6) is -0.517. The average Bonchev–Trinajstić information content (AvgIpc) is 2.95. The third-order valence-electron chi connectivity index (χ3n) is 4.28. The first kappa shape index (κ1) is 14.7. The molecule has 1 unspecified atom stereocenters. The van der Waals surface area contributed by atoms with Crippen molar-refractivity contribution in [2.75, 3.05) is 55.8 Å². The van der Waals surface area contributed by atoms with Crippen LogP contribution < -0.4 is 16.4 Å². The number of nitrogens with two attached hydrogens (primary N) is 2. The number of hydrogen-bond donors (Lipinski definition) is 2. The van der Waals surface area contributed by atoms with Gasteiger partial charge in [-0.05, 0) is 12.5 Å². The Hall–Kier alpha value is -1.24. The Morgan fingerprint density at radius 1 is 1.19 bits per heavy atom. The van der Waals surface area contributed by atoms with Gasteiger partial charge in [-0.3, -0.25) is 4.90 Å². The lowest BCUT2D eigenvalue weighted by Gasteiger charge is -2.32. The Balaban J connectivity index is 1.78. The van der Waals surface area contributed by atoms with Gasteiger partial charge in [0.1, 0.15) is 5.02 Å². The largest absolute Gasteiger partial charge is 0.397 e. The molecule has 4 N–H and O–H groups in total. The van der Waals surface area contributed by atoms with Gasteiger partial charge in [0, 0.05) is 32.2 Å². The molecule has 116 valence electrons. The van der Waals surface area contributed by atoms with Crippen LogP contribution in [0.2, 0.25) is 5.02 Å². The van der Waals surface area contributed by atoms with E-state index in [2.05, 4.69) is 4.90 Å². The van der Waals surface area contributed by atoms with E-state index in [4.69, 9.17) is 27.8 Å². The summed E-state index contributed by atoms with van der Waals surface area (Å²) < 4.78 is 19.7. The van der Waals surface area contributed by atoms with E-state index in [0.717, 1.165) is 45.8 Å². The Morgan fingerprint density at radius 2 is 1.90 bits per heavy atom. The first-order chi connectivity index (χ1) is 10.1. The fourth-order valence-corrected chi connectivity index (χ4v) is 3.31. The van der Waals surface area contributed by atoms with Crippen molar-refractivity contribution in [2.24, 2.45) is 0 Å². The van der Waals surface area contributed by atoms with E-state index >= 15 is 0 Å². The van der Waals surface area contributed by atoms with Gasteiger partial charge in [-0.2, -0.15) is 0 Å². The smallest absolute Gasteiger partial charge is 0.169 e. The predicted molar refractivity (Wildman–Crippen MR) is 83.2 cm³/mol. The number of halogens is 2. The van der Waals surface area contributed by atoms with E-state index in [-0.39, 0.29) is 10.7 Å². The predicted octanol–water partition coefficient (Wildman–Crippen LogP) is 1.55. The maximum absolute atomic E-state index is 14.4. The summed E-state index contributed by atoms with van der Waals surface area (Å²) >= 11 is 5.91. The monoisotopic (exact) mass is 314 g/mol. The summed E-state index contributed by atoms with van der Waals surface area (Å²) in [4.78, 5) is 4.37. The molecular formula is C14H20ClFN4O. The van der Waals surface area contributed by atoms with Crippen molar-refractivity contribution >= 4 is 28.7 Å². The lowest BCUT2D eigenvalue weighted by Crippen LogP contribution is -2.44. The second-order valence-electron chi connectivity index (χ2n) is 5.57. The Bertz CT molecular complexity index is 536. The maximum Gasteiger partial charge on any atom is 0.169 e. The highest BCUT2D eigenvalue weighted by Gasteiger charge is 2.31. The molecule has 0 aromatic heterocycles. The van der Waals surface area contributed by atoms with Crippen molar-refractivity contribution in [1.82, 2.24) is 4.90 Å². The van der Waals surface area contributed by atoms with Gasteiger partial charge >= 0.3 is 0 Å². The zero-order valence-electron chi connectivity index (χ0n) is 11.8. The van der Waals surface area contributed by atoms with Crippen molar-refractivity contribution in [3.8, 4) is 0 Å². The van der Waals surface area contributed by atoms with Crippen LogP contribution in [0.25, 0.3) is 0 Å². The van der Waals surface area contributed by atoms with Gasteiger partial charge in [-0.1, -0.05) is 11.6 Å². The summed E-state index contributed by atoms with van der Waals surface area (Å²) in [7, 11) is 0. The molecule has 0 saturated carbocycles. The van der Waals surface area contributed by atoms with Crippen LogP contribution in [0.1, 0.15) is 6.42 Å². The molecule has 7 heteroatoms. The highest BCUT2D eigenvalue weighted by Crippen LogP contribution is 2.38. The molecular weight excluding hydrogens is 295 g/mol. The standard InChI is InChI=1S/C14H20ClFN4O/c15-12-10(17)7-11(18)14(13(12)16)20-2-1-9(8-20)19-3-5-21-6-4-19/h7,9H,1-6,8,17-18H2. The first-order valence-corrected chi connectivity index (χ1v) is 7.55. The molecule has 2 heterocycles. The molecule has 0 bridgehead atoms. The van der Waals surface area contributed by atoms with Crippen LogP contribution >= 0.6 is 11.6 Å². The average molecular weight is 315 g/mol. The number of nitrogen functional groups attached to an aromatic ring is 2. The van der Waals surface area contributed by atoms with Crippen molar-refractivity contribution in [3.63, 3.8) is 0 Å². The molecule has 21 heavy (non-hydrogen) atoms. The molecule has 3 rings (SSSR count). The molecule has 0 aliphatic carbocycles. The van der Waals surface area contributed by atoms with E-state index in [1.54, 1.807) is 0 Å². The zero-order chi connectivity index (χ0) is 15.0. The fraction of sp³-hybridized carbons (Fsp3) is 0.571. The lowest BCUT2D eigenvalue weighted by atomic mass is 10.2. The van der Waals surface area contributed by atoms with E-state index in [0.29, 0.717) is 17.4 Å². The minimum absolute atomic E-state index is 0.0472. The van der Waals surface area contributed by atoms with Gasteiger partial charge in [0.05, 0.1) is 30.3 Å². The molecule has 2 fully saturated rings. The summed E-state index contributed by atoms with van der Waals surface area (Å²) in [5, 5.41) is -0.0472. The molecule has 0 radical (unpaired) electrons. The Kier molecular flexibility index (Phi) is 4.10. The number of rotatable bonds is 2. The highest BCUT2D eigenvalue weighted by molar-refractivity contribution is 6.33. The lowest BCUT2D eigenvalue weighted by molar-refractivity contribution is 0.0209. The topological polar surface area (TPSA) is 67.8 Å². The van der Waals surface area contributed by atoms with Gasteiger partial charge in [-0.25, -0.2) is 4.39 Å². The van der Waals surface area contributed by atoms with Crippen LogP contribution in [-0.4, -0.2) is 50.3 Å². The van der Waals surface area contributed by atoms with Crippen LogP contribution in [0.3, 0.4) is 0 Å². The zero-order valence-corrected chi connectivity index (χ0v) is 12.6. The number of anilines is 3. The van der Waals surface area contributed by atoms with Gasteiger partial charge in [-0.15, -0.1) is 0 Å². The third-order valence-corrected chi connectivity index (χ3v) is 4.66. The second kappa shape index (κ2) is 5.87. The summed E-state index contributed by atoms with van der Waals surface area (Å²) in [5.41, 5.74) is 12.5. The molecule has 1 atom stereocenters. The fourth-order valence-electron chi connectivity index (χ4n) is 3.16. The van der Waals surface area contributed by atoms with E-state index in [1.807, 2.05) is 4.90 Å². The van der Waals surface area contributed by atoms with Gasteiger partial charge in [0.2, 0.25) is 0 Å². The normalized spacial score (nSPS) is 23.7. The Labute approximate surface area is 128 Å². The number of hydrogen-bond acceptors (Lipinski definition) is 5. The maximum atomic E-state index is 14.4. The molecule has 2 saturated heterocycles. The van der Waals surface area contributed by atoms with Crippen LogP contribution in [0.5, 0.6) is 0 Å². The number of ether oxygens (including phenoxy) is 1. The van der Waals surface area contributed by atoms with Crippen molar-refractivity contribution in [3.05, 3.63) is 16.9 Å². The van der Waals surface area contributed by atoms with Crippen LogP contribution in [-0.2, 0) is 4.74 Å². The minimum atomic E-state index is -0.517. The van der Waals surface area contributed by atoms with Gasteiger partial charge in [0.15, 0.2) is 5.82 Å². The molecule has 1 aromatic carbocycles. The van der Waals surface area contributed by atoms with Gasteiger partial charge < -0.3 is 21.1 Å². The van der Waals surface area contributed by atoms with E-state index in [1.165, 1.54) is 6.07 Å². The van der Waals surface area contributed by atoms with E-state index in [9.17, 15) is 4.39 Å². The Morgan fingerprint density at radius 3 is 2.62 bits per heavy atom. The van der Waals surface area contributed by atoms with Crippen molar-refractivity contribution in [1.29, 1.82) is 0 Å². The van der Waals surface area contributed by atoms with Crippen LogP contribution in [0.15, 0.2) is 6.07 Å². The number of morpholine rings is 1. The first-order valence-electron chi connectivity index (χ1n) is 7.17. The quantitative estimate of drug-likeness (QED) is 0.811. The van der Waals surface area contributed by atoms with Crippen molar-refractivity contribution in [2.45, 2.75) is 12.5 Å². The minimum Gasteiger partial charge on any atom is -0.397 e. The number of benzene rings is 1. The number of nitrogens with zero attached hydrogens (tertiary/aromatic N) is 2. The van der Waals surface area contributed by atoms with E-state index < -0.39 is 5.82 Å². The summed E-state index contributed by atoms with van der Waals surface area (Å²) in [6.07, 6.45) is 0.987. The molecule has 0 spiro atoms. The molecule has 0 amide bonds. The van der Waals surface area contributed by atoms with Gasteiger partial charge in [0.25, 0.3) is 0 Å². The summed E-state index contributed by atoms with van der Waals surface area (Å²) in [6, 6.07) is 1.94. The molecule has 2 aliphatic heterocycles. The SMILES string of the molecule is Nc1cc(N)c(N2CCC(N3CCOCC3)C2)c(F)c1Cl. The third kappa shape index (κ3) is 2.75. The molecule has 2 aliphatic rings. The highest BCUT2D eigenvalue weighted by atomic mass is 35.5. The molecule has 5 nitrogen and oxygen atoms in total. The van der Waals surface area contributed by atoms with Crippen LogP contribution in [0.4, 0.5) is 21.5 Å². The second-order valence-corrected chi connectivity index (χ2v) is 5.95. The summed E-state index contributed by atoms with van der Waals surface area (Å²) in [6.45, 7) is 4.91. The van der Waals surface area contributed by atoms with Crippen molar-refractivity contribution < 1.29 is 9.13 Å². The molecule has 1 aromatic rings. The van der Waals surface area contributed by atoms with Crippen LogP contribution in [0, 0.1) is 5.82 Å².